The quantitative estimate of drug-likeness (QED) is 0.652. The molecule has 0 saturated carbocycles. The molecule has 0 aromatic heterocycles. The molecule has 1 fully saturated rings. The molecule has 1 atom stereocenters. The molecule has 1 nitrogen and oxygen atoms in total. The third kappa shape index (κ3) is 5.21. The number of hydrogen-bond acceptors (Lipinski definition) is 1. The third-order valence-electron chi connectivity index (χ3n) is 3.54. The average molecular weight is 232 g/mol. The van der Waals surface area contributed by atoms with Crippen LogP contribution >= 0.6 is 11.6 Å². The topological polar surface area (TPSA) is 3.24 Å². The van der Waals surface area contributed by atoms with Gasteiger partial charge in [0, 0.05) is 5.38 Å². The average Bonchev–Trinajstić information content (AvgIpc) is 2.18. The van der Waals surface area contributed by atoms with Gasteiger partial charge in [-0.1, -0.05) is 13.8 Å². The Morgan fingerprint density at radius 1 is 1.20 bits per heavy atom. The zero-order valence-electron chi connectivity index (χ0n) is 10.5. The molecule has 0 spiro atoms. The van der Waals surface area contributed by atoms with Crippen LogP contribution in [0.5, 0.6) is 0 Å². The Kier molecular flexibility index (Phi) is 5.99. The van der Waals surface area contributed by atoms with Crippen molar-refractivity contribution in [1.29, 1.82) is 0 Å². The van der Waals surface area contributed by atoms with Gasteiger partial charge < -0.3 is 4.90 Å². The Labute approximate surface area is 100 Å². The molecule has 1 unspecified atom stereocenters. The van der Waals surface area contributed by atoms with Crippen molar-refractivity contribution in [3.05, 3.63) is 0 Å². The van der Waals surface area contributed by atoms with Gasteiger partial charge in [-0.15, -0.1) is 11.6 Å². The van der Waals surface area contributed by atoms with E-state index in [1.807, 2.05) is 0 Å². The molecule has 0 aromatic carbocycles. The highest BCUT2D eigenvalue weighted by Gasteiger charge is 2.21. The number of likely N-dealkylation sites (tertiary alicyclic amines) is 1. The maximum atomic E-state index is 6.13. The van der Waals surface area contributed by atoms with Crippen molar-refractivity contribution in [3.63, 3.8) is 0 Å². The predicted octanol–water partition coefficient (Wildman–Crippen LogP) is 3.76. The largest absolute Gasteiger partial charge is 0.303 e. The van der Waals surface area contributed by atoms with Crippen molar-refractivity contribution in [3.8, 4) is 0 Å². The summed E-state index contributed by atoms with van der Waals surface area (Å²) in [6.45, 7) is 10.6. The molecular weight excluding hydrogens is 206 g/mol. The first-order valence-corrected chi connectivity index (χ1v) is 6.89. The van der Waals surface area contributed by atoms with Crippen LogP contribution in [-0.4, -0.2) is 29.9 Å². The summed E-state index contributed by atoms with van der Waals surface area (Å²) < 4.78 is 0. The van der Waals surface area contributed by atoms with E-state index >= 15 is 0 Å². The lowest BCUT2D eigenvalue weighted by Gasteiger charge is -2.33. The smallest absolute Gasteiger partial charge is 0.0337 e. The summed E-state index contributed by atoms with van der Waals surface area (Å²) in [5.41, 5.74) is 0. The van der Waals surface area contributed by atoms with Gasteiger partial charge >= 0.3 is 0 Å². The van der Waals surface area contributed by atoms with Gasteiger partial charge in [0.05, 0.1) is 0 Å². The van der Waals surface area contributed by atoms with E-state index in [1.165, 1.54) is 45.3 Å². The number of hydrogen-bond donors (Lipinski definition) is 0. The lowest BCUT2D eigenvalue weighted by molar-refractivity contribution is 0.179. The van der Waals surface area contributed by atoms with Gasteiger partial charge in [-0.25, -0.2) is 0 Å². The minimum atomic E-state index is 0.364. The van der Waals surface area contributed by atoms with E-state index in [2.05, 4.69) is 25.7 Å². The normalized spacial score (nSPS) is 22.2. The Morgan fingerprint density at radius 3 is 2.27 bits per heavy atom. The molecule has 2 heteroatoms. The van der Waals surface area contributed by atoms with E-state index in [0.29, 0.717) is 5.38 Å². The molecule has 0 aromatic rings. The summed E-state index contributed by atoms with van der Waals surface area (Å²) in [5, 5.41) is 0.364. The van der Waals surface area contributed by atoms with Gasteiger partial charge in [0.25, 0.3) is 0 Å². The minimum Gasteiger partial charge on any atom is -0.303 e. The highest BCUT2D eigenvalue weighted by molar-refractivity contribution is 6.20. The Balaban J connectivity index is 2.09. The maximum Gasteiger partial charge on any atom is 0.0337 e. The molecular formula is C13H26ClN. The van der Waals surface area contributed by atoms with Crippen molar-refractivity contribution < 1.29 is 0 Å². The first-order chi connectivity index (χ1) is 7.09. The molecule has 15 heavy (non-hydrogen) atoms. The monoisotopic (exact) mass is 231 g/mol. The Bertz CT molecular complexity index is 157. The van der Waals surface area contributed by atoms with Crippen LogP contribution in [0.25, 0.3) is 0 Å². The van der Waals surface area contributed by atoms with E-state index in [0.717, 1.165) is 11.8 Å². The fourth-order valence-electron chi connectivity index (χ4n) is 2.36. The van der Waals surface area contributed by atoms with Crippen LogP contribution in [0.1, 0.15) is 46.5 Å². The van der Waals surface area contributed by atoms with E-state index in [-0.39, 0.29) is 0 Å². The maximum absolute atomic E-state index is 6.13. The van der Waals surface area contributed by atoms with Crippen LogP contribution in [0.3, 0.4) is 0 Å². The molecule has 0 bridgehead atoms. The number of alkyl halides is 1. The van der Waals surface area contributed by atoms with Crippen molar-refractivity contribution in [2.75, 3.05) is 19.6 Å². The predicted molar refractivity (Wildman–Crippen MR) is 68.6 cm³/mol. The van der Waals surface area contributed by atoms with Crippen molar-refractivity contribution in [2.24, 2.45) is 11.8 Å². The van der Waals surface area contributed by atoms with Crippen LogP contribution in [0.4, 0.5) is 0 Å². The van der Waals surface area contributed by atoms with Crippen molar-refractivity contribution in [1.82, 2.24) is 4.90 Å². The van der Waals surface area contributed by atoms with E-state index < -0.39 is 0 Å². The molecule has 0 radical (unpaired) electrons. The molecule has 0 aliphatic carbocycles. The van der Waals surface area contributed by atoms with Gasteiger partial charge in [0.1, 0.15) is 0 Å². The van der Waals surface area contributed by atoms with Crippen molar-refractivity contribution in [2.45, 2.75) is 51.8 Å². The van der Waals surface area contributed by atoms with Gasteiger partial charge in [-0.2, -0.15) is 0 Å². The highest BCUT2D eigenvalue weighted by atomic mass is 35.5. The summed E-state index contributed by atoms with van der Waals surface area (Å²) >= 11 is 6.13. The number of rotatable bonds is 5. The summed E-state index contributed by atoms with van der Waals surface area (Å²) in [5.74, 6) is 1.61. The van der Waals surface area contributed by atoms with Gasteiger partial charge in [-0.05, 0) is 64.1 Å². The Morgan fingerprint density at radius 2 is 1.80 bits per heavy atom. The second kappa shape index (κ2) is 6.75. The van der Waals surface area contributed by atoms with E-state index in [4.69, 9.17) is 11.6 Å². The molecule has 0 N–H and O–H groups in total. The molecule has 1 rings (SSSR count). The van der Waals surface area contributed by atoms with Gasteiger partial charge in [0.15, 0.2) is 0 Å². The van der Waals surface area contributed by atoms with Crippen LogP contribution in [0.2, 0.25) is 0 Å². The first-order valence-electron chi connectivity index (χ1n) is 6.46. The van der Waals surface area contributed by atoms with Crippen LogP contribution in [0, 0.1) is 11.8 Å². The van der Waals surface area contributed by atoms with E-state index in [1.54, 1.807) is 0 Å². The summed E-state index contributed by atoms with van der Waals surface area (Å²) in [6, 6.07) is 0. The molecule has 1 saturated heterocycles. The SMILES string of the molecule is CC(C)CCCN1CCC(C(C)Cl)CC1. The molecule has 1 heterocycles. The summed E-state index contributed by atoms with van der Waals surface area (Å²) in [7, 11) is 0. The zero-order chi connectivity index (χ0) is 11.3. The number of nitrogens with zero attached hydrogens (tertiary/aromatic N) is 1. The Hall–Kier alpha value is 0.250. The van der Waals surface area contributed by atoms with Crippen molar-refractivity contribution >= 4 is 11.6 Å². The molecule has 90 valence electrons. The van der Waals surface area contributed by atoms with Crippen LogP contribution in [-0.2, 0) is 0 Å². The highest BCUT2D eigenvalue weighted by Crippen LogP contribution is 2.24. The molecule has 0 amide bonds. The minimum absolute atomic E-state index is 0.364. The van der Waals surface area contributed by atoms with Gasteiger partial charge in [0.2, 0.25) is 0 Å². The second-order valence-electron chi connectivity index (χ2n) is 5.39. The first kappa shape index (κ1) is 13.3. The lowest BCUT2D eigenvalue weighted by atomic mass is 9.94. The van der Waals surface area contributed by atoms with E-state index in [9.17, 15) is 0 Å². The second-order valence-corrected chi connectivity index (χ2v) is 6.08. The number of halogens is 1. The summed E-state index contributed by atoms with van der Waals surface area (Å²) in [6.07, 6.45) is 5.32. The molecule has 1 aliphatic heterocycles. The fourth-order valence-corrected chi connectivity index (χ4v) is 2.61. The molecule has 1 aliphatic rings. The zero-order valence-corrected chi connectivity index (χ0v) is 11.3. The lowest BCUT2D eigenvalue weighted by Crippen LogP contribution is -2.36. The van der Waals surface area contributed by atoms with Crippen LogP contribution < -0.4 is 0 Å². The van der Waals surface area contributed by atoms with Gasteiger partial charge in [-0.3, -0.25) is 0 Å². The number of piperidine rings is 1. The fraction of sp³-hybridized carbons (Fsp3) is 1.00. The third-order valence-corrected chi connectivity index (χ3v) is 3.89. The summed E-state index contributed by atoms with van der Waals surface area (Å²) in [4.78, 5) is 2.61. The standard InChI is InChI=1S/C13H26ClN/c1-11(2)5-4-8-15-9-6-13(7-10-15)12(3)14/h11-13H,4-10H2,1-3H3. The van der Waals surface area contributed by atoms with Crippen LogP contribution in [0.15, 0.2) is 0 Å².